The van der Waals surface area contributed by atoms with Gasteiger partial charge in [0.15, 0.2) is 5.03 Å². The van der Waals surface area contributed by atoms with Gasteiger partial charge in [-0.1, -0.05) is 0 Å². The summed E-state index contributed by atoms with van der Waals surface area (Å²) in [5.74, 6) is -0.984. The Morgan fingerprint density at radius 2 is 1.56 bits per heavy atom. The highest BCUT2D eigenvalue weighted by molar-refractivity contribution is 8.13. The molecule has 0 saturated heterocycles. The van der Waals surface area contributed by atoms with Crippen LogP contribution in [-0.2, 0) is 18.5 Å². The topological polar surface area (TPSA) is 170 Å². The molecule has 0 aliphatic carbocycles. The van der Waals surface area contributed by atoms with E-state index in [0.717, 1.165) is 6.20 Å². The third kappa shape index (κ3) is 5.76. The molecule has 0 aliphatic rings. The lowest BCUT2D eigenvalue weighted by atomic mass is 10.3. The van der Waals surface area contributed by atoms with Crippen LogP contribution < -0.4 is 5.73 Å². The van der Waals surface area contributed by atoms with E-state index in [-0.39, 0.29) is 23.6 Å². The predicted molar refractivity (Wildman–Crippen MR) is 86.5 cm³/mol. The van der Waals surface area contributed by atoms with Crippen molar-refractivity contribution < 1.29 is 27.5 Å². The Balaban J connectivity index is 0.000000257. The van der Waals surface area contributed by atoms with E-state index in [1.165, 1.54) is 6.20 Å². The number of esters is 2. The minimum absolute atomic E-state index is 0.145. The lowest BCUT2D eigenvalue weighted by Crippen LogP contribution is -2.07. The van der Waals surface area contributed by atoms with Crippen LogP contribution in [0, 0.1) is 0 Å². The summed E-state index contributed by atoms with van der Waals surface area (Å²) in [6.07, 6.45) is 2.39. The van der Waals surface area contributed by atoms with Gasteiger partial charge in [-0.15, -0.1) is 0 Å². The van der Waals surface area contributed by atoms with E-state index in [0.29, 0.717) is 6.61 Å². The number of carbonyl (C=O) groups excluding carboxylic acids is 2. The van der Waals surface area contributed by atoms with E-state index in [1.807, 2.05) is 0 Å². The minimum atomic E-state index is -4.00. The molecule has 25 heavy (non-hydrogen) atoms. The van der Waals surface area contributed by atoms with Crippen molar-refractivity contribution in [3.8, 4) is 0 Å². The molecule has 0 fully saturated rings. The van der Waals surface area contributed by atoms with Gasteiger partial charge in [-0.25, -0.2) is 18.0 Å². The highest BCUT2D eigenvalue weighted by Crippen LogP contribution is 2.17. The number of hydrogen-bond donors (Lipinski definition) is 3. The first-order valence-electron chi connectivity index (χ1n) is 6.83. The Morgan fingerprint density at radius 1 is 1.08 bits per heavy atom. The van der Waals surface area contributed by atoms with Crippen molar-refractivity contribution in [1.29, 1.82) is 0 Å². The van der Waals surface area contributed by atoms with Crippen molar-refractivity contribution in [3.63, 3.8) is 0 Å². The Bertz CT molecular complexity index is 831. The van der Waals surface area contributed by atoms with E-state index in [4.69, 9.17) is 16.4 Å². The van der Waals surface area contributed by atoms with Gasteiger partial charge < -0.3 is 15.2 Å². The fraction of sp³-hybridized carbons (Fsp3) is 0.333. The molecular weight excluding hydrogens is 378 g/mol. The fourth-order valence-corrected chi connectivity index (χ4v) is 2.40. The summed E-state index contributed by atoms with van der Waals surface area (Å²) in [6.45, 7) is 3.82. The van der Waals surface area contributed by atoms with Crippen molar-refractivity contribution in [1.82, 2.24) is 20.4 Å². The summed E-state index contributed by atoms with van der Waals surface area (Å²) in [5.41, 5.74) is 5.44. The monoisotopic (exact) mass is 393 g/mol. The average molecular weight is 394 g/mol. The van der Waals surface area contributed by atoms with Gasteiger partial charge in [-0.2, -0.15) is 10.2 Å². The normalized spacial score (nSPS) is 10.5. The first kappa shape index (κ1) is 20.4. The van der Waals surface area contributed by atoms with Gasteiger partial charge >= 0.3 is 11.9 Å². The molecule has 0 amide bonds. The lowest BCUT2D eigenvalue weighted by Gasteiger charge is -1.99. The van der Waals surface area contributed by atoms with Crippen LogP contribution in [0.15, 0.2) is 17.4 Å². The first-order chi connectivity index (χ1) is 11.7. The Morgan fingerprint density at radius 3 is 2.00 bits per heavy atom. The molecule has 2 rings (SSSR count). The maximum Gasteiger partial charge on any atom is 0.343 e. The largest absolute Gasteiger partial charge is 0.462 e. The van der Waals surface area contributed by atoms with E-state index < -0.39 is 26.0 Å². The number of carbonyl (C=O) groups is 2. The summed E-state index contributed by atoms with van der Waals surface area (Å²) < 4.78 is 31.1. The van der Waals surface area contributed by atoms with Crippen LogP contribution in [0.1, 0.15) is 34.6 Å². The number of aromatic nitrogens is 4. The van der Waals surface area contributed by atoms with Gasteiger partial charge in [-0.05, 0) is 13.8 Å². The molecule has 11 nitrogen and oxygen atoms in total. The smallest absolute Gasteiger partial charge is 0.343 e. The summed E-state index contributed by atoms with van der Waals surface area (Å²) in [6, 6.07) is 0. The molecule has 0 bridgehead atoms. The first-order valence-corrected chi connectivity index (χ1v) is 9.14. The predicted octanol–water partition coefficient (Wildman–Crippen LogP) is 0.683. The number of nitrogens with one attached hydrogen (secondary N) is 2. The van der Waals surface area contributed by atoms with E-state index in [1.54, 1.807) is 13.8 Å². The zero-order valence-corrected chi connectivity index (χ0v) is 14.8. The fourth-order valence-electron chi connectivity index (χ4n) is 1.48. The Labute approximate surface area is 147 Å². The zero-order chi connectivity index (χ0) is 19.0. The molecule has 2 aromatic rings. The highest BCUT2D eigenvalue weighted by atomic mass is 35.7. The number of nitrogens with zero attached hydrogens (tertiary/aromatic N) is 2. The quantitative estimate of drug-likeness (QED) is 0.488. The van der Waals surface area contributed by atoms with Crippen molar-refractivity contribution in [2.24, 2.45) is 0 Å². The molecule has 0 saturated carbocycles. The van der Waals surface area contributed by atoms with Gasteiger partial charge in [0.05, 0.1) is 25.6 Å². The maximum absolute atomic E-state index is 11.2. The zero-order valence-electron chi connectivity index (χ0n) is 13.3. The van der Waals surface area contributed by atoms with Crippen LogP contribution >= 0.6 is 10.7 Å². The van der Waals surface area contributed by atoms with Gasteiger partial charge in [0, 0.05) is 10.7 Å². The minimum Gasteiger partial charge on any atom is -0.462 e. The lowest BCUT2D eigenvalue weighted by molar-refractivity contribution is 0.0515. The molecule has 0 aliphatic heterocycles. The molecule has 2 aromatic heterocycles. The molecule has 0 spiro atoms. The second-order valence-corrected chi connectivity index (χ2v) is 6.69. The van der Waals surface area contributed by atoms with E-state index in [2.05, 4.69) is 29.9 Å². The van der Waals surface area contributed by atoms with Crippen LogP contribution in [0.5, 0.6) is 0 Å². The molecule has 4 N–H and O–H groups in total. The third-order valence-electron chi connectivity index (χ3n) is 2.51. The molecular formula is C12H16ClN5O6S. The van der Waals surface area contributed by atoms with E-state index >= 15 is 0 Å². The number of ether oxygens (including phenoxy) is 2. The number of nitrogen functional groups attached to an aromatic ring is 1. The Hall–Kier alpha value is -2.60. The van der Waals surface area contributed by atoms with Crippen molar-refractivity contribution in [2.45, 2.75) is 18.9 Å². The molecule has 0 aromatic carbocycles. The number of halogens is 1. The summed E-state index contributed by atoms with van der Waals surface area (Å²) in [4.78, 5) is 22.1. The number of H-pyrrole nitrogens is 2. The maximum atomic E-state index is 11.2. The van der Waals surface area contributed by atoms with Crippen LogP contribution in [0.4, 0.5) is 5.82 Å². The summed E-state index contributed by atoms with van der Waals surface area (Å²) >= 11 is 0. The summed E-state index contributed by atoms with van der Waals surface area (Å²) in [5, 5.41) is 11.1. The average Bonchev–Trinajstić information content (AvgIpc) is 3.16. The number of aromatic amines is 2. The molecule has 138 valence electrons. The number of hydrogen-bond acceptors (Lipinski definition) is 9. The van der Waals surface area contributed by atoms with Crippen LogP contribution in [0.25, 0.3) is 0 Å². The van der Waals surface area contributed by atoms with Gasteiger partial charge in [0.1, 0.15) is 16.9 Å². The SMILES string of the molecule is CCOC(=O)c1cn[nH]c1N.CCOC(=O)c1cn[nH]c1S(=O)(=O)Cl. The second-order valence-electron chi connectivity index (χ2n) is 4.19. The van der Waals surface area contributed by atoms with Crippen LogP contribution in [0.2, 0.25) is 0 Å². The molecule has 13 heteroatoms. The molecule has 0 unspecified atom stereocenters. The highest BCUT2D eigenvalue weighted by Gasteiger charge is 2.23. The van der Waals surface area contributed by atoms with Crippen LogP contribution in [0.3, 0.4) is 0 Å². The Kier molecular flexibility index (Phi) is 7.39. The molecule has 2 heterocycles. The van der Waals surface area contributed by atoms with Gasteiger partial charge in [0.2, 0.25) is 0 Å². The van der Waals surface area contributed by atoms with E-state index in [9.17, 15) is 18.0 Å². The van der Waals surface area contributed by atoms with Crippen molar-refractivity contribution in [2.75, 3.05) is 18.9 Å². The van der Waals surface area contributed by atoms with Crippen molar-refractivity contribution in [3.05, 3.63) is 23.5 Å². The third-order valence-corrected chi connectivity index (χ3v) is 3.77. The van der Waals surface area contributed by atoms with Crippen molar-refractivity contribution >= 4 is 37.5 Å². The molecule has 0 radical (unpaired) electrons. The van der Waals surface area contributed by atoms with Gasteiger partial charge in [0.25, 0.3) is 9.05 Å². The van der Waals surface area contributed by atoms with Crippen LogP contribution in [-0.4, -0.2) is 54.0 Å². The number of anilines is 1. The standard InChI is InChI=1S/C6H7ClN2O4S.C6H9N3O2/c1-2-13-6(10)4-3-8-9-5(4)14(7,11)12;1-2-11-6(10)4-3-8-9-5(4)7/h3H,2H2,1H3,(H,8,9);3H,2H2,1H3,(H3,7,8,9). The number of rotatable bonds is 5. The second kappa shape index (κ2) is 9.03. The van der Waals surface area contributed by atoms with Gasteiger partial charge in [-0.3, -0.25) is 10.2 Å². The molecule has 0 atom stereocenters. The summed E-state index contributed by atoms with van der Waals surface area (Å²) in [7, 11) is 1.04. The number of nitrogens with two attached hydrogens (primary N) is 1.